The lowest BCUT2D eigenvalue weighted by Crippen LogP contribution is -2.06. The van der Waals surface area contributed by atoms with Gasteiger partial charge < -0.3 is 4.74 Å². The maximum atomic E-state index is 8.79. The molecule has 0 fully saturated rings. The minimum Gasteiger partial charge on any atom is -0.490 e. The molecule has 0 heterocycles. The number of hydrogen-bond donors (Lipinski definition) is 0. The first-order valence-electron chi connectivity index (χ1n) is 5.31. The molecule has 0 amide bonds. The third-order valence-electron chi connectivity index (χ3n) is 1.62. The van der Waals surface area contributed by atoms with Crippen LogP contribution in [0.5, 0.6) is 5.75 Å². The van der Waals surface area contributed by atoms with E-state index in [2.05, 4.69) is 6.07 Å². The molecule has 0 aliphatic heterocycles. The molecule has 0 aromatic heterocycles. The Morgan fingerprint density at radius 1 is 1.27 bits per heavy atom. The highest BCUT2D eigenvalue weighted by Crippen LogP contribution is 2.20. The van der Waals surface area contributed by atoms with Gasteiger partial charge in [-0.3, -0.25) is 0 Å². The fourth-order valence-electron chi connectivity index (χ4n) is 1.07. The van der Waals surface area contributed by atoms with Crippen molar-refractivity contribution in [3.63, 3.8) is 0 Å². The van der Waals surface area contributed by atoms with Crippen molar-refractivity contribution < 1.29 is 4.74 Å². The van der Waals surface area contributed by atoms with E-state index in [1.165, 1.54) is 0 Å². The van der Waals surface area contributed by atoms with E-state index < -0.39 is 0 Å². The van der Waals surface area contributed by atoms with Gasteiger partial charge in [0.15, 0.2) is 0 Å². The second kappa shape index (κ2) is 6.89. The lowest BCUT2D eigenvalue weighted by molar-refractivity contribution is 0.241. The van der Waals surface area contributed by atoms with Crippen molar-refractivity contribution >= 4 is 0 Å². The zero-order valence-electron chi connectivity index (χ0n) is 10.2. The summed E-state index contributed by atoms with van der Waals surface area (Å²) in [5, 5.41) is 8.79. The van der Waals surface area contributed by atoms with Gasteiger partial charge >= 0.3 is 0 Å². The Morgan fingerprint density at radius 2 is 1.87 bits per heavy atom. The van der Waals surface area contributed by atoms with Crippen LogP contribution < -0.4 is 4.74 Å². The summed E-state index contributed by atoms with van der Waals surface area (Å²) in [5.41, 5.74) is 1.70. The minimum absolute atomic E-state index is 0.105. The van der Waals surface area contributed by atoms with Crippen molar-refractivity contribution in [2.75, 3.05) is 0 Å². The SMILES string of the molecule is CC.Cc1ccc(C#N)c(OC(C)C)c1. The molecule has 0 atom stereocenters. The Labute approximate surface area is 92.5 Å². The van der Waals surface area contributed by atoms with Crippen LogP contribution in [0.3, 0.4) is 0 Å². The van der Waals surface area contributed by atoms with Gasteiger partial charge in [-0.2, -0.15) is 5.26 Å². The fourth-order valence-corrected chi connectivity index (χ4v) is 1.07. The van der Waals surface area contributed by atoms with Crippen LogP contribution in [0, 0.1) is 18.3 Å². The van der Waals surface area contributed by atoms with Crippen molar-refractivity contribution in [3.05, 3.63) is 29.3 Å². The van der Waals surface area contributed by atoms with E-state index in [0.717, 1.165) is 5.56 Å². The highest BCUT2D eigenvalue weighted by atomic mass is 16.5. The maximum absolute atomic E-state index is 8.79. The molecule has 0 N–H and O–H groups in total. The Hall–Kier alpha value is -1.49. The van der Waals surface area contributed by atoms with Gasteiger partial charge in [0.2, 0.25) is 0 Å². The molecule has 0 saturated heterocycles. The zero-order chi connectivity index (χ0) is 11.8. The first kappa shape index (κ1) is 13.5. The monoisotopic (exact) mass is 205 g/mol. The molecule has 82 valence electrons. The quantitative estimate of drug-likeness (QED) is 0.737. The smallest absolute Gasteiger partial charge is 0.137 e. The Kier molecular flexibility index (Phi) is 6.21. The van der Waals surface area contributed by atoms with Crippen molar-refractivity contribution in [2.24, 2.45) is 0 Å². The van der Waals surface area contributed by atoms with E-state index in [1.807, 2.05) is 46.8 Å². The van der Waals surface area contributed by atoms with Gasteiger partial charge in [-0.1, -0.05) is 19.9 Å². The molecule has 15 heavy (non-hydrogen) atoms. The highest BCUT2D eigenvalue weighted by molar-refractivity contribution is 5.45. The second-order valence-corrected chi connectivity index (χ2v) is 3.28. The first-order chi connectivity index (χ1) is 7.13. The lowest BCUT2D eigenvalue weighted by atomic mass is 10.1. The minimum atomic E-state index is 0.105. The number of benzene rings is 1. The van der Waals surface area contributed by atoms with Gasteiger partial charge in [0.1, 0.15) is 11.8 Å². The van der Waals surface area contributed by atoms with Crippen LogP contribution in [0.4, 0.5) is 0 Å². The molecular formula is C13H19NO. The predicted octanol–water partition coefficient (Wildman–Crippen LogP) is 3.68. The van der Waals surface area contributed by atoms with Gasteiger partial charge in [0.25, 0.3) is 0 Å². The lowest BCUT2D eigenvalue weighted by Gasteiger charge is -2.11. The third kappa shape index (κ3) is 4.51. The summed E-state index contributed by atoms with van der Waals surface area (Å²) in [6.45, 7) is 9.88. The molecule has 1 aromatic carbocycles. The molecule has 0 saturated carbocycles. The van der Waals surface area contributed by atoms with Crippen LogP contribution in [-0.2, 0) is 0 Å². The van der Waals surface area contributed by atoms with Crippen LogP contribution >= 0.6 is 0 Å². The summed E-state index contributed by atoms with van der Waals surface area (Å²) in [4.78, 5) is 0. The van der Waals surface area contributed by atoms with Crippen LogP contribution in [0.25, 0.3) is 0 Å². The average molecular weight is 205 g/mol. The molecule has 1 aromatic rings. The van der Waals surface area contributed by atoms with Crippen LogP contribution in [0.15, 0.2) is 18.2 Å². The zero-order valence-corrected chi connectivity index (χ0v) is 10.2. The fraction of sp³-hybridized carbons (Fsp3) is 0.462. The number of nitrogens with zero attached hydrogens (tertiary/aromatic N) is 1. The second-order valence-electron chi connectivity index (χ2n) is 3.28. The van der Waals surface area contributed by atoms with Crippen LogP contribution in [-0.4, -0.2) is 6.10 Å². The predicted molar refractivity (Wildman–Crippen MR) is 63.0 cm³/mol. The van der Waals surface area contributed by atoms with E-state index in [1.54, 1.807) is 6.07 Å². The number of aryl methyl sites for hydroxylation is 1. The molecule has 2 heteroatoms. The van der Waals surface area contributed by atoms with Gasteiger partial charge in [-0.05, 0) is 38.5 Å². The van der Waals surface area contributed by atoms with E-state index in [-0.39, 0.29) is 6.10 Å². The molecule has 0 unspecified atom stereocenters. The van der Waals surface area contributed by atoms with Gasteiger partial charge in [0.05, 0.1) is 11.7 Å². The summed E-state index contributed by atoms with van der Waals surface area (Å²) >= 11 is 0. The third-order valence-corrected chi connectivity index (χ3v) is 1.62. The Morgan fingerprint density at radius 3 is 2.33 bits per heavy atom. The van der Waals surface area contributed by atoms with Gasteiger partial charge in [-0.15, -0.1) is 0 Å². The highest BCUT2D eigenvalue weighted by Gasteiger charge is 2.04. The topological polar surface area (TPSA) is 33.0 Å². The standard InChI is InChI=1S/C11H13NO.C2H6/c1-8(2)13-11-6-9(3)4-5-10(11)7-12;1-2/h4-6,8H,1-3H3;1-2H3. The first-order valence-corrected chi connectivity index (χ1v) is 5.31. The van der Waals surface area contributed by atoms with Crippen LogP contribution in [0.2, 0.25) is 0 Å². The molecule has 0 aliphatic carbocycles. The average Bonchev–Trinajstić information content (AvgIpc) is 2.20. The number of rotatable bonds is 2. The molecular weight excluding hydrogens is 186 g/mol. The molecule has 0 radical (unpaired) electrons. The van der Waals surface area contributed by atoms with Gasteiger partial charge in [0, 0.05) is 0 Å². The Balaban J connectivity index is 0.000000921. The Bertz CT molecular complexity index is 337. The number of nitriles is 1. The largest absolute Gasteiger partial charge is 0.490 e. The van der Waals surface area contributed by atoms with Crippen molar-refractivity contribution in [3.8, 4) is 11.8 Å². The molecule has 0 spiro atoms. The maximum Gasteiger partial charge on any atom is 0.137 e. The van der Waals surface area contributed by atoms with Crippen molar-refractivity contribution in [1.29, 1.82) is 5.26 Å². The summed E-state index contributed by atoms with van der Waals surface area (Å²) in [7, 11) is 0. The van der Waals surface area contributed by atoms with Gasteiger partial charge in [-0.25, -0.2) is 0 Å². The van der Waals surface area contributed by atoms with E-state index >= 15 is 0 Å². The van der Waals surface area contributed by atoms with E-state index in [4.69, 9.17) is 10.00 Å². The normalized spacial score (nSPS) is 8.87. The summed E-state index contributed by atoms with van der Waals surface area (Å²) in [6.07, 6.45) is 0.105. The van der Waals surface area contributed by atoms with E-state index in [9.17, 15) is 0 Å². The molecule has 2 nitrogen and oxygen atoms in total. The number of ether oxygens (including phenoxy) is 1. The molecule has 0 bridgehead atoms. The summed E-state index contributed by atoms with van der Waals surface area (Å²) < 4.78 is 5.49. The molecule has 1 rings (SSSR count). The van der Waals surface area contributed by atoms with Crippen LogP contribution in [0.1, 0.15) is 38.8 Å². The summed E-state index contributed by atoms with van der Waals surface area (Å²) in [5.74, 6) is 0.678. The summed E-state index contributed by atoms with van der Waals surface area (Å²) in [6, 6.07) is 7.68. The molecule has 0 aliphatic rings. The van der Waals surface area contributed by atoms with Crippen molar-refractivity contribution in [1.82, 2.24) is 0 Å². The van der Waals surface area contributed by atoms with E-state index in [0.29, 0.717) is 11.3 Å². The number of hydrogen-bond acceptors (Lipinski definition) is 2. The van der Waals surface area contributed by atoms with Crippen molar-refractivity contribution in [2.45, 2.75) is 40.7 Å².